The number of aryl methyl sites for hydroxylation is 2. The fourth-order valence-electron chi connectivity index (χ4n) is 1.80. The van der Waals surface area contributed by atoms with E-state index >= 15 is 0 Å². The van der Waals surface area contributed by atoms with Crippen LogP contribution < -0.4 is 10.6 Å². The largest absolute Gasteiger partial charge is 0.353 e. The van der Waals surface area contributed by atoms with Crippen molar-refractivity contribution in [3.63, 3.8) is 0 Å². The normalized spacial score (nSPS) is 14.1. The molecular formula is C14H18N2O2. The van der Waals surface area contributed by atoms with Crippen LogP contribution in [0, 0.1) is 13.8 Å². The number of amides is 2. The highest BCUT2D eigenvalue weighted by atomic mass is 16.2. The Morgan fingerprint density at radius 2 is 1.94 bits per heavy atom. The van der Waals surface area contributed by atoms with E-state index in [0.29, 0.717) is 6.04 Å². The molecule has 18 heavy (non-hydrogen) atoms. The van der Waals surface area contributed by atoms with E-state index in [0.717, 1.165) is 29.7 Å². The zero-order valence-corrected chi connectivity index (χ0v) is 10.7. The smallest absolute Gasteiger partial charge is 0.233 e. The molecule has 1 aromatic carbocycles. The molecule has 0 heterocycles. The number of anilines is 1. The molecule has 0 atom stereocenters. The fraction of sp³-hybridized carbons (Fsp3) is 0.429. The molecule has 0 unspecified atom stereocenters. The predicted molar refractivity (Wildman–Crippen MR) is 70.3 cm³/mol. The van der Waals surface area contributed by atoms with E-state index in [-0.39, 0.29) is 18.2 Å². The fourth-order valence-corrected chi connectivity index (χ4v) is 1.80. The van der Waals surface area contributed by atoms with Crippen LogP contribution in [0.3, 0.4) is 0 Å². The van der Waals surface area contributed by atoms with Crippen LogP contribution >= 0.6 is 0 Å². The third-order valence-corrected chi connectivity index (χ3v) is 2.92. The van der Waals surface area contributed by atoms with Crippen molar-refractivity contribution < 1.29 is 9.59 Å². The maximum atomic E-state index is 11.7. The number of nitrogens with one attached hydrogen (secondary N) is 2. The van der Waals surface area contributed by atoms with Gasteiger partial charge in [0.05, 0.1) is 0 Å². The van der Waals surface area contributed by atoms with E-state index in [1.807, 2.05) is 32.0 Å². The third-order valence-electron chi connectivity index (χ3n) is 2.92. The molecule has 2 N–H and O–H groups in total. The van der Waals surface area contributed by atoms with Crippen molar-refractivity contribution in [2.45, 2.75) is 39.2 Å². The van der Waals surface area contributed by atoms with Gasteiger partial charge in [-0.3, -0.25) is 9.59 Å². The van der Waals surface area contributed by atoms with Crippen LogP contribution in [-0.4, -0.2) is 17.9 Å². The molecule has 1 saturated carbocycles. The van der Waals surface area contributed by atoms with E-state index in [2.05, 4.69) is 10.6 Å². The lowest BCUT2D eigenvalue weighted by molar-refractivity contribution is -0.126. The summed E-state index contributed by atoms with van der Waals surface area (Å²) in [5.74, 6) is -0.458. The Morgan fingerprint density at radius 3 is 2.56 bits per heavy atom. The second kappa shape index (κ2) is 5.21. The quantitative estimate of drug-likeness (QED) is 0.797. The third kappa shape index (κ3) is 3.58. The molecule has 0 aromatic heterocycles. The molecule has 2 rings (SSSR count). The zero-order chi connectivity index (χ0) is 13.1. The molecule has 0 aliphatic heterocycles. The Labute approximate surface area is 107 Å². The van der Waals surface area contributed by atoms with Gasteiger partial charge in [-0.05, 0) is 38.3 Å². The van der Waals surface area contributed by atoms with E-state index < -0.39 is 0 Å². The van der Waals surface area contributed by atoms with Crippen LogP contribution in [0.15, 0.2) is 18.2 Å². The van der Waals surface area contributed by atoms with E-state index in [4.69, 9.17) is 0 Å². The van der Waals surface area contributed by atoms with E-state index in [1.54, 1.807) is 0 Å². The van der Waals surface area contributed by atoms with Crippen LogP contribution in [0.5, 0.6) is 0 Å². The lowest BCUT2D eigenvalue weighted by Gasteiger charge is -2.09. The van der Waals surface area contributed by atoms with Crippen LogP contribution in [0.25, 0.3) is 0 Å². The highest BCUT2D eigenvalue weighted by Crippen LogP contribution is 2.19. The minimum Gasteiger partial charge on any atom is -0.353 e. The topological polar surface area (TPSA) is 58.2 Å². The Kier molecular flexibility index (Phi) is 3.65. The first-order chi connectivity index (χ1) is 8.54. The van der Waals surface area contributed by atoms with Gasteiger partial charge in [-0.25, -0.2) is 0 Å². The van der Waals surface area contributed by atoms with Crippen LogP contribution in [-0.2, 0) is 9.59 Å². The van der Waals surface area contributed by atoms with Crippen LogP contribution in [0.2, 0.25) is 0 Å². The van der Waals surface area contributed by atoms with Gasteiger partial charge in [0, 0.05) is 11.7 Å². The molecule has 1 aliphatic carbocycles. The monoisotopic (exact) mass is 246 g/mol. The van der Waals surface area contributed by atoms with Gasteiger partial charge < -0.3 is 10.6 Å². The van der Waals surface area contributed by atoms with Crippen LogP contribution in [0.1, 0.15) is 30.4 Å². The van der Waals surface area contributed by atoms with Gasteiger partial charge in [0.1, 0.15) is 6.42 Å². The van der Waals surface area contributed by atoms with Gasteiger partial charge in [0.15, 0.2) is 0 Å². The van der Waals surface area contributed by atoms with Gasteiger partial charge >= 0.3 is 0 Å². The predicted octanol–water partition coefficient (Wildman–Crippen LogP) is 1.91. The first-order valence-electron chi connectivity index (χ1n) is 6.21. The minimum absolute atomic E-state index is 0.107. The number of hydrogen-bond acceptors (Lipinski definition) is 2. The lowest BCUT2D eigenvalue weighted by atomic mass is 10.1. The lowest BCUT2D eigenvalue weighted by Crippen LogP contribution is -2.29. The van der Waals surface area contributed by atoms with E-state index in [9.17, 15) is 9.59 Å². The summed E-state index contributed by atoms with van der Waals surface area (Å²) >= 11 is 0. The number of rotatable bonds is 4. The second-order valence-electron chi connectivity index (χ2n) is 4.89. The highest BCUT2D eigenvalue weighted by Gasteiger charge is 2.24. The summed E-state index contributed by atoms with van der Waals surface area (Å²) in [5, 5.41) is 5.56. The van der Waals surface area contributed by atoms with Crippen LogP contribution in [0.4, 0.5) is 5.69 Å². The standard InChI is InChI=1S/C14H18N2O2/c1-9-3-6-12(10(2)7-9)16-14(18)8-13(17)15-11-4-5-11/h3,6-7,11H,4-5,8H2,1-2H3,(H,15,17)(H,16,18). The molecular weight excluding hydrogens is 228 g/mol. The summed E-state index contributed by atoms with van der Waals surface area (Å²) in [7, 11) is 0. The molecule has 0 radical (unpaired) electrons. The summed E-state index contributed by atoms with van der Waals surface area (Å²) in [6, 6.07) is 6.10. The molecule has 1 fully saturated rings. The summed E-state index contributed by atoms with van der Waals surface area (Å²) in [6.07, 6.45) is 1.96. The Hall–Kier alpha value is -1.84. The van der Waals surface area contributed by atoms with Gasteiger partial charge in [-0.2, -0.15) is 0 Å². The maximum Gasteiger partial charge on any atom is 0.233 e. The number of hydrogen-bond donors (Lipinski definition) is 2. The van der Waals surface area contributed by atoms with Crippen molar-refractivity contribution in [3.8, 4) is 0 Å². The Morgan fingerprint density at radius 1 is 1.22 bits per heavy atom. The summed E-state index contributed by atoms with van der Waals surface area (Å²) in [5.41, 5.74) is 2.92. The minimum atomic E-state index is -0.264. The molecule has 2 amide bonds. The average Bonchev–Trinajstić information content (AvgIpc) is 3.05. The second-order valence-corrected chi connectivity index (χ2v) is 4.89. The summed E-state index contributed by atoms with van der Waals surface area (Å²) < 4.78 is 0. The van der Waals surface area contributed by atoms with Crippen molar-refractivity contribution in [1.29, 1.82) is 0 Å². The molecule has 0 saturated heterocycles. The summed E-state index contributed by atoms with van der Waals surface area (Å²) in [4.78, 5) is 23.2. The zero-order valence-electron chi connectivity index (χ0n) is 10.7. The molecule has 4 nitrogen and oxygen atoms in total. The molecule has 1 aromatic rings. The highest BCUT2D eigenvalue weighted by molar-refractivity contribution is 6.03. The van der Waals surface area contributed by atoms with E-state index in [1.165, 1.54) is 0 Å². The first kappa shape index (κ1) is 12.6. The van der Waals surface area contributed by atoms with Crippen molar-refractivity contribution >= 4 is 17.5 Å². The molecule has 0 bridgehead atoms. The van der Waals surface area contributed by atoms with Crippen molar-refractivity contribution in [2.75, 3.05) is 5.32 Å². The molecule has 96 valence electrons. The number of carbonyl (C=O) groups is 2. The van der Waals surface area contributed by atoms with Gasteiger partial charge in [-0.15, -0.1) is 0 Å². The SMILES string of the molecule is Cc1ccc(NC(=O)CC(=O)NC2CC2)c(C)c1. The summed E-state index contributed by atoms with van der Waals surface area (Å²) in [6.45, 7) is 3.94. The number of carbonyl (C=O) groups excluding carboxylic acids is 2. The van der Waals surface area contributed by atoms with Gasteiger partial charge in [-0.1, -0.05) is 17.7 Å². The van der Waals surface area contributed by atoms with Crippen molar-refractivity contribution in [2.24, 2.45) is 0 Å². The van der Waals surface area contributed by atoms with Crippen molar-refractivity contribution in [1.82, 2.24) is 5.32 Å². The Bertz CT molecular complexity index is 479. The molecule has 1 aliphatic rings. The average molecular weight is 246 g/mol. The van der Waals surface area contributed by atoms with Gasteiger partial charge in [0.25, 0.3) is 0 Å². The Balaban J connectivity index is 1.87. The first-order valence-corrected chi connectivity index (χ1v) is 6.21. The molecule has 4 heteroatoms. The number of benzene rings is 1. The van der Waals surface area contributed by atoms with Crippen molar-refractivity contribution in [3.05, 3.63) is 29.3 Å². The molecule has 0 spiro atoms. The van der Waals surface area contributed by atoms with Gasteiger partial charge in [0.2, 0.25) is 11.8 Å². The maximum absolute atomic E-state index is 11.7.